The van der Waals surface area contributed by atoms with Gasteiger partial charge in [0.1, 0.15) is 30.3 Å². The molecule has 2 aliphatic rings. The van der Waals surface area contributed by atoms with Crippen LogP contribution in [0.15, 0.2) is 49.1 Å². The molecule has 0 spiro atoms. The fourth-order valence-corrected chi connectivity index (χ4v) is 5.05. The van der Waals surface area contributed by atoms with Crippen molar-refractivity contribution in [1.82, 2.24) is 30.3 Å². The van der Waals surface area contributed by atoms with E-state index < -0.39 is 23.9 Å². The van der Waals surface area contributed by atoms with E-state index in [9.17, 15) is 18.8 Å². The van der Waals surface area contributed by atoms with Crippen LogP contribution in [0.5, 0.6) is 17.2 Å². The largest absolute Gasteiger partial charge is 0.493 e. The number of fused-ring (bicyclic) bond motifs is 5. The molecule has 0 radical (unpaired) electrons. The average molecular weight is 581 g/mol. The molecule has 12 nitrogen and oxygen atoms in total. The van der Waals surface area contributed by atoms with Gasteiger partial charge < -0.3 is 34.3 Å². The minimum atomic E-state index is -0.591. The Labute approximate surface area is 242 Å². The van der Waals surface area contributed by atoms with E-state index in [1.165, 1.54) is 19.2 Å². The van der Waals surface area contributed by atoms with E-state index in [-0.39, 0.29) is 50.1 Å². The normalized spacial score (nSPS) is 19.6. The summed E-state index contributed by atoms with van der Waals surface area (Å²) >= 11 is 0. The summed E-state index contributed by atoms with van der Waals surface area (Å²) in [4.78, 5) is 40.3. The number of halogens is 1. The molecule has 1 saturated heterocycles. The molecule has 3 heterocycles. The summed E-state index contributed by atoms with van der Waals surface area (Å²) in [6.45, 7) is 0.848. The highest BCUT2D eigenvalue weighted by molar-refractivity contribution is 5.79. The van der Waals surface area contributed by atoms with Crippen molar-refractivity contribution in [3.63, 3.8) is 0 Å². The Kier molecular flexibility index (Phi) is 9.15. The molecule has 42 heavy (non-hydrogen) atoms. The van der Waals surface area contributed by atoms with Crippen LogP contribution >= 0.6 is 0 Å². The number of hydrogen-bond acceptors (Lipinski definition) is 8. The van der Waals surface area contributed by atoms with Gasteiger partial charge in [-0.15, -0.1) is 10.2 Å². The van der Waals surface area contributed by atoms with Crippen LogP contribution in [-0.2, 0) is 33.9 Å². The highest BCUT2D eigenvalue weighted by Crippen LogP contribution is 2.29. The number of aromatic nitrogens is 3. The Morgan fingerprint density at radius 3 is 2.74 bits per heavy atom. The molecule has 1 aromatic heterocycles. The van der Waals surface area contributed by atoms with Crippen LogP contribution < -0.4 is 24.8 Å². The number of carbonyl (C=O) groups is 3. The molecule has 222 valence electrons. The third-order valence-corrected chi connectivity index (χ3v) is 7.23. The lowest BCUT2D eigenvalue weighted by atomic mass is 10.0. The number of aryl methyl sites for hydroxylation is 2. The predicted molar refractivity (Wildman–Crippen MR) is 147 cm³/mol. The number of carbonyl (C=O) groups excluding carboxylic acids is 3. The van der Waals surface area contributed by atoms with Gasteiger partial charge in [-0.1, -0.05) is 6.07 Å². The maximum absolute atomic E-state index is 14.5. The molecule has 3 amide bonds. The van der Waals surface area contributed by atoms with E-state index in [0.29, 0.717) is 43.0 Å². The van der Waals surface area contributed by atoms with Crippen LogP contribution in [-0.4, -0.2) is 76.3 Å². The molecule has 2 aliphatic heterocycles. The summed E-state index contributed by atoms with van der Waals surface area (Å²) in [7, 11) is 1.50. The first-order valence-electron chi connectivity index (χ1n) is 13.8. The van der Waals surface area contributed by atoms with Crippen LogP contribution in [0.2, 0.25) is 0 Å². The fourth-order valence-electron chi connectivity index (χ4n) is 5.05. The van der Waals surface area contributed by atoms with Crippen LogP contribution in [0.25, 0.3) is 0 Å². The summed E-state index contributed by atoms with van der Waals surface area (Å²) < 4.78 is 33.6. The summed E-state index contributed by atoms with van der Waals surface area (Å²) in [6.07, 6.45) is 3.83. The van der Waals surface area contributed by atoms with Crippen LogP contribution in [0, 0.1) is 5.82 Å². The zero-order valence-corrected chi connectivity index (χ0v) is 23.3. The van der Waals surface area contributed by atoms with Gasteiger partial charge in [0.25, 0.3) is 5.91 Å². The van der Waals surface area contributed by atoms with Gasteiger partial charge in [-0.3, -0.25) is 14.4 Å². The summed E-state index contributed by atoms with van der Waals surface area (Å²) in [5.41, 5.74) is 1.37. The monoisotopic (exact) mass is 580 g/mol. The number of ether oxygens (including phenoxy) is 3. The number of nitrogens with zero attached hydrogens (tertiary/aromatic N) is 4. The molecule has 13 heteroatoms. The third kappa shape index (κ3) is 7.53. The molecule has 0 unspecified atom stereocenters. The first kappa shape index (κ1) is 28.8. The fraction of sp³-hybridized carbons (Fsp3) is 0.414. The van der Waals surface area contributed by atoms with Crippen molar-refractivity contribution in [2.24, 2.45) is 0 Å². The van der Waals surface area contributed by atoms with E-state index in [2.05, 4.69) is 20.8 Å². The number of likely N-dealkylation sites (tertiary alicyclic amines) is 1. The Balaban J connectivity index is 1.36. The van der Waals surface area contributed by atoms with Gasteiger partial charge in [0.05, 0.1) is 13.2 Å². The Morgan fingerprint density at radius 2 is 1.93 bits per heavy atom. The van der Waals surface area contributed by atoms with Crippen molar-refractivity contribution in [3.8, 4) is 17.2 Å². The minimum absolute atomic E-state index is 0.0857. The number of amides is 3. The van der Waals surface area contributed by atoms with E-state index in [1.54, 1.807) is 40.3 Å². The molecule has 0 saturated carbocycles. The van der Waals surface area contributed by atoms with Gasteiger partial charge in [0.2, 0.25) is 11.8 Å². The van der Waals surface area contributed by atoms with Crippen molar-refractivity contribution in [2.45, 2.75) is 50.9 Å². The SMILES string of the molecule is COc1ccc2cc1OCC(=O)N[C@@H]1CN(C(=O)CCn3cnnc3)CC[C@H]1Oc1cc(F)cc(c1)CNC(=O)CC2. The van der Waals surface area contributed by atoms with E-state index >= 15 is 0 Å². The summed E-state index contributed by atoms with van der Waals surface area (Å²) in [5, 5.41) is 13.3. The van der Waals surface area contributed by atoms with E-state index in [4.69, 9.17) is 14.2 Å². The predicted octanol–water partition coefficient (Wildman–Crippen LogP) is 1.62. The van der Waals surface area contributed by atoms with Gasteiger partial charge in [-0.2, -0.15) is 0 Å². The number of rotatable bonds is 4. The van der Waals surface area contributed by atoms with Crippen molar-refractivity contribution in [2.75, 3.05) is 26.8 Å². The minimum Gasteiger partial charge on any atom is -0.493 e. The number of benzene rings is 2. The molecule has 3 aromatic rings. The topological polar surface area (TPSA) is 137 Å². The molecular weight excluding hydrogens is 547 g/mol. The highest BCUT2D eigenvalue weighted by Gasteiger charge is 2.34. The number of hydrogen-bond donors (Lipinski definition) is 2. The number of methoxy groups -OCH3 is 1. The molecule has 0 aliphatic carbocycles. The number of piperidine rings is 1. The maximum Gasteiger partial charge on any atom is 0.258 e. The van der Waals surface area contributed by atoms with Crippen molar-refractivity contribution >= 4 is 17.7 Å². The lowest BCUT2D eigenvalue weighted by molar-refractivity contribution is -0.135. The molecule has 2 N–H and O–H groups in total. The smallest absolute Gasteiger partial charge is 0.258 e. The average Bonchev–Trinajstić information content (AvgIpc) is 3.51. The van der Waals surface area contributed by atoms with E-state index in [0.717, 1.165) is 5.56 Å². The Morgan fingerprint density at radius 1 is 1.10 bits per heavy atom. The van der Waals surface area contributed by atoms with Gasteiger partial charge in [0, 0.05) is 51.5 Å². The highest BCUT2D eigenvalue weighted by atomic mass is 19.1. The lowest BCUT2D eigenvalue weighted by Crippen LogP contribution is -2.58. The first-order valence-corrected chi connectivity index (χ1v) is 13.8. The van der Waals surface area contributed by atoms with Gasteiger partial charge in [0.15, 0.2) is 18.1 Å². The first-order chi connectivity index (χ1) is 20.4. The molecule has 2 atom stereocenters. The standard InChI is InChI=1S/C29H33FN6O6/c1-40-25-4-2-19-3-5-27(37)31-14-20-10-21(30)13-22(11-20)42-24-6-9-36(29(39)7-8-35-17-32-33-18-35)15-23(24)34-28(38)16-41-26(25)12-19/h2,4,10-13,17-18,23-24H,3,5-9,14-16H2,1H3,(H,31,37)(H,34,38)/t23-,24-/m1/s1. The second kappa shape index (κ2) is 13.3. The van der Waals surface area contributed by atoms with Crippen molar-refractivity contribution in [3.05, 3.63) is 66.0 Å². The third-order valence-electron chi connectivity index (χ3n) is 7.23. The maximum atomic E-state index is 14.5. The Hall–Kier alpha value is -4.68. The van der Waals surface area contributed by atoms with Gasteiger partial charge in [-0.05, 0) is 41.8 Å². The molecule has 2 aromatic carbocycles. The van der Waals surface area contributed by atoms with Crippen LogP contribution in [0.1, 0.15) is 30.4 Å². The lowest BCUT2D eigenvalue weighted by Gasteiger charge is -2.39. The number of nitrogens with one attached hydrogen (secondary N) is 2. The van der Waals surface area contributed by atoms with Crippen LogP contribution in [0.3, 0.4) is 0 Å². The second-order valence-corrected chi connectivity index (χ2v) is 10.3. The summed E-state index contributed by atoms with van der Waals surface area (Å²) in [6, 6.07) is 8.98. The molecule has 4 bridgehead atoms. The second-order valence-electron chi connectivity index (χ2n) is 10.3. The zero-order valence-electron chi connectivity index (χ0n) is 23.3. The molecule has 1 fully saturated rings. The summed E-state index contributed by atoms with van der Waals surface area (Å²) in [5.74, 6) is -0.103. The zero-order chi connectivity index (χ0) is 29.5. The molecule has 5 rings (SSSR count). The van der Waals surface area contributed by atoms with Gasteiger partial charge in [-0.25, -0.2) is 4.39 Å². The van der Waals surface area contributed by atoms with E-state index in [1.807, 2.05) is 6.07 Å². The van der Waals surface area contributed by atoms with Gasteiger partial charge >= 0.3 is 0 Å². The van der Waals surface area contributed by atoms with Crippen LogP contribution in [0.4, 0.5) is 4.39 Å². The Bertz CT molecular complexity index is 1420. The quantitative estimate of drug-likeness (QED) is 0.475. The molecular formula is C29H33FN6O6. The van der Waals surface area contributed by atoms with Crippen molar-refractivity contribution in [1.29, 1.82) is 0 Å². The van der Waals surface area contributed by atoms with Crippen molar-refractivity contribution < 1.29 is 33.0 Å².